The lowest BCUT2D eigenvalue weighted by Gasteiger charge is -2.23. The summed E-state index contributed by atoms with van der Waals surface area (Å²) in [5.74, 6) is -0.360. The Morgan fingerprint density at radius 1 is 1.36 bits per heavy atom. The first-order valence-corrected chi connectivity index (χ1v) is 7.64. The van der Waals surface area contributed by atoms with Crippen molar-refractivity contribution in [3.8, 4) is 0 Å². The van der Waals surface area contributed by atoms with Gasteiger partial charge in [0.05, 0.1) is 0 Å². The van der Waals surface area contributed by atoms with Crippen LogP contribution in [0.15, 0.2) is 18.2 Å². The molecule has 0 saturated heterocycles. The van der Waals surface area contributed by atoms with Crippen molar-refractivity contribution in [3.05, 3.63) is 34.6 Å². The molecule has 2 N–H and O–H groups in total. The fourth-order valence-electron chi connectivity index (χ4n) is 1.88. The van der Waals surface area contributed by atoms with Crippen molar-refractivity contribution < 1.29 is 13.9 Å². The van der Waals surface area contributed by atoms with E-state index in [1.165, 1.54) is 12.1 Å². The highest BCUT2D eigenvalue weighted by molar-refractivity contribution is 6.31. The van der Waals surface area contributed by atoms with Crippen molar-refractivity contribution in [3.63, 3.8) is 0 Å². The Morgan fingerprint density at radius 2 is 2.00 bits per heavy atom. The fraction of sp³-hybridized carbons (Fsp3) is 0.562. The maximum absolute atomic E-state index is 13.0. The van der Waals surface area contributed by atoms with E-state index in [9.17, 15) is 9.18 Å². The molecule has 0 aromatic heterocycles. The third-order valence-electron chi connectivity index (χ3n) is 2.92. The van der Waals surface area contributed by atoms with Gasteiger partial charge in [-0.25, -0.2) is 9.18 Å². The van der Waals surface area contributed by atoms with Crippen LogP contribution in [0.25, 0.3) is 0 Å². The van der Waals surface area contributed by atoms with Crippen LogP contribution < -0.4 is 10.6 Å². The number of alkyl carbamates (subject to hydrolysis) is 1. The summed E-state index contributed by atoms with van der Waals surface area (Å²) in [5, 5.41) is 6.38. The molecular formula is C16H24ClFN2O2. The molecule has 124 valence electrons. The number of halogens is 2. The van der Waals surface area contributed by atoms with Crippen LogP contribution in [-0.4, -0.2) is 24.3 Å². The molecule has 0 aliphatic rings. The van der Waals surface area contributed by atoms with Crippen LogP contribution in [0.2, 0.25) is 5.02 Å². The van der Waals surface area contributed by atoms with Gasteiger partial charge in [-0.15, -0.1) is 0 Å². The number of ether oxygens (including phenoxy) is 1. The topological polar surface area (TPSA) is 50.4 Å². The highest BCUT2D eigenvalue weighted by atomic mass is 35.5. The first kappa shape index (κ1) is 18.7. The van der Waals surface area contributed by atoms with Gasteiger partial charge in [-0.1, -0.05) is 17.7 Å². The van der Waals surface area contributed by atoms with E-state index < -0.39 is 11.7 Å². The van der Waals surface area contributed by atoms with Crippen molar-refractivity contribution in [1.29, 1.82) is 0 Å². The number of hydrogen-bond acceptors (Lipinski definition) is 3. The van der Waals surface area contributed by atoms with E-state index in [0.717, 1.165) is 5.56 Å². The maximum atomic E-state index is 13.0. The molecule has 0 heterocycles. The second-order valence-electron chi connectivity index (χ2n) is 6.34. The molecule has 0 fully saturated rings. The Balaban J connectivity index is 2.46. The Bertz CT molecular complexity index is 517. The summed E-state index contributed by atoms with van der Waals surface area (Å²) in [5.41, 5.74) is 0.291. The molecule has 6 heteroatoms. The number of hydrogen-bond donors (Lipinski definition) is 2. The minimum Gasteiger partial charge on any atom is -0.444 e. The number of benzene rings is 1. The van der Waals surface area contributed by atoms with Crippen molar-refractivity contribution in [2.45, 2.75) is 52.3 Å². The summed E-state index contributed by atoms with van der Waals surface area (Å²) in [4.78, 5) is 11.7. The molecule has 22 heavy (non-hydrogen) atoms. The zero-order valence-corrected chi connectivity index (χ0v) is 14.4. The van der Waals surface area contributed by atoms with Gasteiger partial charge in [-0.3, -0.25) is 0 Å². The van der Waals surface area contributed by atoms with Crippen LogP contribution in [0, 0.1) is 5.82 Å². The molecule has 1 rings (SSSR count). The van der Waals surface area contributed by atoms with Crippen molar-refractivity contribution in [2.75, 3.05) is 6.54 Å². The highest BCUT2D eigenvalue weighted by Crippen LogP contribution is 2.23. The number of carbonyl (C=O) groups excluding carboxylic acids is 1. The summed E-state index contributed by atoms with van der Waals surface area (Å²) in [7, 11) is 0. The van der Waals surface area contributed by atoms with Crippen LogP contribution >= 0.6 is 11.6 Å². The van der Waals surface area contributed by atoms with Gasteiger partial charge in [-0.2, -0.15) is 0 Å². The quantitative estimate of drug-likeness (QED) is 0.856. The molecule has 2 unspecified atom stereocenters. The van der Waals surface area contributed by atoms with Gasteiger partial charge in [0, 0.05) is 23.7 Å². The fourth-order valence-corrected chi connectivity index (χ4v) is 2.21. The third kappa shape index (κ3) is 6.62. The Labute approximate surface area is 136 Å². The zero-order valence-electron chi connectivity index (χ0n) is 13.7. The number of nitrogens with one attached hydrogen (secondary N) is 2. The maximum Gasteiger partial charge on any atom is 0.407 e. The van der Waals surface area contributed by atoms with Crippen LogP contribution in [0.1, 0.15) is 46.2 Å². The Morgan fingerprint density at radius 3 is 2.55 bits per heavy atom. The molecule has 4 nitrogen and oxygen atoms in total. The van der Waals surface area contributed by atoms with Crippen LogP contribution in [0.4, 0.5) is 9.18 Å². The minimum atomic E-state index is -0.522. The van der Waals surface area contributed by atoms with Crippen molar-refractivity contribution in [1.82, 2.24) is 10.6 Å². The zero-order chi connectivity index (χ0) is 16.9. The van der Waals surface area contributed by atoms with Gasteiger partial charge in [-0.05, 0) is 52.3 Å². The summed E-state index contributed by atoms with van der Waals surface area (Å²) in [6.07, 6.45) is -0.450. The van der Waals surface area contributed by atoms with E-state index in [1.807, 2.05) is 34.6 Å². The van der Waals surface area contributed by atoms with Crippen LogP contribution in [0.3, 0.4) is 0 Å². The molecule has 1 aromatic carbocycles. The largest absolute Gasteiger partial charge is 0.444 e. The highest BCUT2D eigenvalue weighted by Gasteiger charge is 2.18. The van der Waals surface area contributed by atoms with Crippen LogP contribution in [0.5, 0.6) is 0 Å². The van der Waals surface area contributed by atoms with Gasteiger partial charge in [0.1, 0.15) is 11.4 Å². The monoisotopic (exact) mass is 330 g/mol. The first-order chi connectivity index (χ1) is 10.1. The molecule has 2 atom stereocenters. The van der Waals surface area contributed by atoms with E-state index >= 15 is 0 Å². The lowest BCUT2D eigenvalue weighted by molar-refractivity contribution is 0.0507. The lowest BCUT2D eigenvalue weighted by atomic mass is 10.1. The van der Waals surface area contributed by atoms with E-state index in [1.54, 1.807) is 6.07 Å². The van der Waals surface area contributed by atoms with Crippen LogP contribution in [-0.2, 0) is 4.74 Å². The molecule has 0 spiro atoms. The van der Waals surface area contributed by atoms with Gasteiger partial charge < -0.3 is 15.4 Å². The molecule has 0 aliphatic heterocycles. The molecule has 0 radical (unpaired) electrons. The normalized spacial score (nSPS) is 14.3. The van der Waals surface area contributed by atoms with Gasteiger partial charge in [0.25, 0.3) is 0 Å². The molecular weight excluding hydrogens is 307 g/mol. The number of carbonyl (C=O) groups is 1. The van der Waals surface area contributed by atoms with Crippen molar-refractivity contribution >= 4 is 17.7 Å². The van der Waals surface area contributed by atoms with Gasteiger partial charge in [0.15, 0.2) is 0 Å². The summed E-state index contributed by atoms with van der Waals surface area (Å²) < 4.78 is 18.2. The van der Waals surface area contributed by atoms with E-state index in [2.05, 4.69) is 10.6 Å². The van der Waals surface area contributed by atoms with Gasteiger partial charge in [0.2, 0.25) is 0 Å². The average Bonchev–Trinajstić information content (AvgIpc) is 2.33. The smallest absolute Gasteiger partial charge is 0.407 e. The van der Waals surface area contributed by atoms with Gasteiger partial charge >= 0.3 is 6.09 Å². The standard InChI is InChI=1S/C16H24ClFN2O2/c1-10(20-15(21)22-16(3,4)5)9-19-11(2)13-7-6-12(18)8-14(13)17/h6-8,10-11,19H,9H2,1-5H3,(H,20,21). The second kappa shape index (κ2) is 7.79. The third-order valence-corrected chi connectivity index (χ3v) is 3.25. The van der Waals surface area contributed by atoms with E-state index in [-0.39, 0.29) is 17.9 Å². The molecule has 0 aliphatic carbocycles. The predicted octanol–water partition coefficient (Wildman–Crippen LogP) is 4.04. The van der Waals surface area contributed by atoms with E-state index in [4.69, 9.17) is 16.3 Å². The number of amides is 1. The average molecular weight is 331 g/mol. The molecule has 0 saturated carbocycles. The SMILES string of the molecule is CC(CNC(C)c1ccc(F)cc1Cl)NC(=O)OC(C)(C)C. The summed E-state index contributed by atoms with van der Waals surface area (Å²) in [6.45, 7) is 9.78. The molecule has 1 amide bonds. The predicted molar refractivity (Wildman–Crippen MR) is 86.7 cm³/mol. The second-order valence-corrected chi connectivity index (χ2v) is 6.75. The Kier molecular flexibility index (Phi) is 6.63. The first-order valence-electron chi connectivity index (χ1n) is 7.26. The Hall–Kier alpha value is -1.33. The van der Waals surface area contributed by atoms with E-state index in [0.29, 0.717) is 11.6 Å². The van der Waals surface area contributed by atoms with Crippen molar-refractivity contribution in [2.24, 2.45) is 0 Å². The lowest BCUT2D eigenvalue weighted by Crippen LogP contribution is -2.43. The summed E-state index contributed by atoms with van der Waals surface area (Å²) >= 11 is 6.03. The summed E-state index contributed by atoms with van der Waals surface area (Å²) in [6, 6.07) is 4.15. The molecule has 0 bridgehead atoms. The minimum absolute atomic E-state index is 0.0593. The number of rotatable bonds is 5. The molecule has 1 aromatic rings.